The number of hydrogen-bond donors (Lipinski definition) is 4. The van der Waals surface area contributed by atoms with E-state index in [1.807, 2.05) is 24.3 Å². The molecule has 0 amide bonds. The van der Waals surface area contributed by atoms with Crippen molar-refractivity contribution in [1.29, 1.82) is 0 Å². The number of esters is 2. The number of aliphatic hydroxyl groups excluding tert-OH is 3. The van der Waals surface area contributed by atoms with Crippen molar-refractivity contribution in [2.45, 2.75) is 187 Å². The van der Waals surface area contributed by atoms with Gasteiger partial charge in [-0.1, -0.05) is 154 Å². The minimum Gasteiger partial charge on any atom is -0.462 e. The number of phosphoric acid groups is 1. The van der Waals surface area contributed by atoms with E-state index in [1.54, 1.807) is 12.2 Å². The Morgan fingerprint density at radius 2 is 1.36 bits per heavy atom. The first-order chi connectivity index (χ1) is 27.9. The van der Waals surface area contributed by atoms with E-state index in [0.717, 1.165) is 44.4 Å². The monoisotopic (exact) mass is 843 g/mol. The average molecular weight is 843 g/mol. The van der Waals surface area contributed by atoms with Crippen molar-refractivity contribution in [1.82, 2.24) is 0 Å². The second-order valence-electron chi connectivity index (χ2n) is 16.2. The quantitative estimate of drug-likeness (QED) is 0.0200. The van der Waals surface area contributed by atoms with Crippen LogP contribution in [-0.4, -0.2) is 82.7 Å². The SMILES string of the molecule is CCCCC[C@H](O)/C=C/[C@H]1C(=O)C=C[C@@H]1C/C=C\CCCC(=O)O[C@H](COC(=O)CCCCCCCCCCCCCCCC(C)C)COP(=O)(O)OC[C@@H](O)CO. The number of ether oxygens (including phenoxy) is 2. The summed E-state index contributed by atoms with van der Waals surface area (Å²) < 4.78 is 32.7. The van der Waals surface area contributed by atoms with Gasteiger partial charge in [0.2, 0.25) is 0 Å². The largest absolute Gasteiger partial charge is 0.472 e. The Morgan fingerprint density at radius 3 is 1.98 bits per heavy atom. The summed E-state index contributed by atoms with van der Waals surface area (Å²) in [6.45, 7) is 4.38. The van der Waals surface area contributed by atoms with Gasteiger partial charge in [-0.2, -0.15) is 0 Å². The van der Waals surface area contributed by atoms with Crippen molar-refractivity contribution < 1.29 is 57.7 Å². The molecule has 0 spiro atoms. The first-order valence-corrected chi connectivity index (χ1v) is 23.9. The van der Waals surface area contributed by atoms with Crippen LogP contribution in [0, 0.1) is 17.8 Å². The highest BCUT2D eigenvalue weighted by molar-refractivity contribution is 7.47. The summed E-state index contributed by atoms with van der Waals surface area (Å²) in [6, 6.07) is 0. The van der Waals surface area contributed by atoms with Crippen LogP contribution in [0.1, 0.15) is 168 Å². The lowest BCUT2D eigenvalue weighted by molar-refractivity contribution is -0.161. The summed E-state index contributed by atoms with van der Waals surface area (Å²) in [7, 11) is -4.67. The molecule has 0 bridgehead atoms. The number of unbranched alkanes of at least 4 members (excludes halogenated alkanes) is 15. The molecule has 1 rings (SSSR count). The molecule has 0 radical (unpaired) electrons. The van der Waals surface area contributed by atoms with Crippen molar-refractivity contribution in [2.75, 3.05) is 26.4 Å². The molecule has 1 aliphatic rings. The maximum Gasteiger partial charge on any atom is 0.472 e. The molecule has 13 heteroatoms. The lowest BCUT2D eigenvalue weighted by atomic mass is 9.90. The van der Waals surface area contributed by atoms with Crippen molar-refractivity contribution >= 4 is 25.5 Å². The van der Waals surface area contributed by atoms with Gasteiger partial charge in [-0.15, -0.1) is 0 Å². The maximum absolute atomic E-state index is 12.7. The summed E-state index contributed by atoms with van der Waals surface area (Å²) in [5.41, 5.74) is 0. The zero-order chi connectivity index (χ0) is 42.9. The molecule has 0 aromatic heterocycles. The minimum atomic E-state index is -4.67. The van der Waals surface area contributed by atoms with E-state index in [4.69, 9.17) is 19.1 Å². The molecule has 6 atom stereocenters. The maximum atomic E-state index is 12.7. The van der Waals surface area contributed by atoms with Crippen LogP contribution in [0.5, 0.6) is 0 Å². The first kappa shape index (κ1) is 53.8. The van der Waals surface area contributed by atoms with Gasteiger partial charge < -0.3 is 29.7 Å². The van der Waals surface area contributed by atoms with Crippen LogP contribution in [0.4, 0.5) is 0 Å². The van der Waals surface area contributed by atoms with Gasteiger partial charge in [0.1, 0.15) is 12.7 Å². The fourth-order valence-electron chi connectivity index (χ4n) is 6.64. The van der Waals surface area contributed by atoms with Crippen molar-refractivity contribution in [2.24, 2.45) is 17.8 Å². The van der Waals surface area contributed by atoms with Crippen LogP contribution < -0.4 is 0 Å². The standard InChI is InChI=1S/C45H79O12P/c1-4-5-19-26-39(47)30-31-42-38(29-32-43(42)49)25-21-17-18-23-28-45(51)57-41(36-56-58(52,53)55-34-40(48)33-46)35-54-44(50)27-22-16-14-12-10-8-6-7-9-11-13-15-20-24-37(2)3/h17,21,29-32,37-42,46-48H,4-16,18-20,22-28,33-36H2,1-3H3,(H,52,53)/b21-17-,31-30+/t38-,39-,40-,41+,42+/m0/s1. The number of aliphatic hydroxyl groups is 3. The predicted octanol–water partition coefficient (Wildman–Crippen LogP) is 9.42. The number of carbonyl (C=O) groups is 3. The number of allylic oxidation sites excluding steroid dienone is 5. The molecule has 336 valence electrons. The van der Waals surface area contributed by atoms with E-state index in [9.17, 15) is 34.1 Å². The first-order valence-electron chi connectivity index (χ1n) is 22.4. The van der Waals surface area contributed by atoms with E-state index in [1.165, 1.54) is 64.2 Å². The number of carbonyl (C=O) groups excluding carboxylic acids is 3. The fraction of sp³-hybridized carbons (Fsp3) is 0.800. The normalized spacial score (nSPS) is 18.3. The molecule has 4 N–H and O–H groups in total. The van der Waals surface area contributed by atoms with E-state index in [2.05, 4.69) is 25.3 Å². The predicted molar refractivity (Wildman–Crippen MR) is 228 cm³/mol. The minimum absolute atomic E-state index is 0.00159. The zero-order valence-electron chi connectivity index (χ0n) is 36.0. The van der Waals surface area contributed by atoms with Gasteiger partial charge in [-0.25, -0.2) is 4.57 Å². The molecular weight excluding hydrogens is 763 g/mol. The third kappa shape index (κ3) is 29.9. The summed E-state index contributed by atoms with van der Waals surface area (Å²) in [6.07, 6.45) is 30.3. The summed E-state index contributed by atoms with van der Waals surface area (Å²) >= 11 is 0. The van der Waals surface area contributed by atoms with Gasteiger partial charge >= 0.3 is 19.8 Å². The fourth-order valence-corrected chi connectivity index (χ4v) is 7.43. The molecule has 0 aromatic carbocycles. The molecule has 58 heavy (non-hydrogen) atoms. The van der Waals surface area contributed by atoms with Gasteiger partial charge in [-0.3, -0.25) is 23.4 Å². The molecule has 0 heterocycles. The van der Waals surface area contributed by atoms with Crippen LogP contribution in [0.15, 0.2) is 36.5 Å². The third-order valence-corrected chi connectivity index (χ3v) is 11.2. The summed E-state index contributed by atoms with van der Waals surface area (Å²) in [5.74, 6) is -0.551. The van der Waals surface area contributed by atoms with Gasteiger partial charge in [0.25, 0.3) is 0 Å². The third-order valence-electron chi connectivity index (χ3n) is 10.2. The van der Waals surface area contributed by atoms with E-state index in [-0.39, 0.29) is 37.1 Å². The highest BCUT2D eigenvalue weighted by Gasteiger charge is 2.28. The molecule has 1 unspecified atom stereocenters. The topological polar surface area (TPSA) is 186 Å². The van der Waals surface area contributed by atoms with Crippen LogP contribution >= 0.6 is 7.82 Å². The Hall–Kier alpha value is -2.18. The van der Waals surface area contributed by atoms with Crippen molar-refractivity contribution in [3.8, 4) is 0 Å². The number of ketones is 1. The Balaban J connectivity index is 2.42. The lowest BCUT2D eigenvalue weighted by Gasteiger charge is -2.20. The van der Waals surface area contributed by atoms with Gasteiger partial charge in [-0.05, 0) is 50.0 Å². The molecule has 0 fully saturated rings. The molecule has 0 aliphatic heterocycles. The van der Waals surface area contributed by atoms with Crippen LogP contribution in [0.25, 0.3) is 0 Å². The Kier molecular flexibility index (Phi) is 32.0. The van der Waals surface area contributed by atoms with Gasteiger partial charge in [0.15, 0.2) is 11.9 Å². The Bertz CT molecular complexity index is 1220. The van der Waals surface area contributed by atoms with E-state index in [0.29, 0.717) is 32.1 Å². The number of phosphoric ester groups is 1. The molecular formula is C45H79O12P. The average Bonchev–Trinajstić information content (AvgIpc) is 3.54. The Labute approximate surface area is 349 Å². The van der Waals surface area contributed by atoms with E-state index >= 15 is 0 Å². The highest BCUT2D eigenvalue weighted by atomic mass is 31.2. The molecule has 12 nitrogen and oxygen atoms in total. The lowest BCUT2D eigenvalue weighted by Crippen LogP contribution is -2.29. The summed E-state index contributed by atoms with van der Waals surface area (Å²) in [4.78, 5) is 47.6. The molecule has 0 aromatic rings. The van der Waals surface area contributed by atoms with Crippen LogP contribution in [0.3, 0.4) is 0 Å². The van der Waals surface area contributed by atoms with E-state index < -0.39 is 57.9 Å². The van der Waals surface area contributed by atoms with Crippen molar-refractivity contribution in [3.05, 3.63) is 36.5 Å². The van der Waals surface area contributed by atoms with Crippen molar-refractivity contribution in [3.63, 3.8) is 0 Å². The van der Waals surface area contributed by atoms with Crippen LogP contribution in [-0.2, 0) is 37.5 Å². The highest BCUT2D eigenvalue weighted by Crippen LogP contribution is 2.43. The van der Waals surface area contributed by atoms with Crippen LogP contribution in [0.2, 0.25) is 0 Å². The zero-order valence-corrected chi connectivity index (χ0v) is 36.9. The molecule has 1 aliphatic carbocycles. The number of rotatable bonds is 38. The Morgan fingerprint density at radius 1 is 0.776 bits per heavy atom. The second-order valence-corrected chi connectivity index (χ2v) is 17.7. The molecule has 0 saturated carbocycles. The van der Waals surface area contributed by atoms with Gasteiger partial charge in [0.05, 0.1) is 25.9 Å². The van der Waals surface area contributed by atoms with Gasteiger partial charge in [0, 0.05) is 18.8 Å². The molecule has 0 saturated heterocycles. The smallest absolute Gasteiger partial charge is 0.462 e. The number of hydrogen-bond acceptors (Lipinski definition) is 11. The second kappa shape index (κ2) is 34.5. The summed E-state index contributed by atoms with van der Waals surface area (Å²) in [5, 5.41) is 28.6.